The Kier molecular flexibility index (Phi) is 15.3. The standard InChI is InChI=1S/C27H53NO4/c1-5-6-7-8-9-10-11-12-13-14-15-16-17-18-19-20-21-23-25(30)24(22-29)28(23)26(31)32-27(2,3)4/h23-25,29-30H,5-22H2,1-4H3/t23-,24-,25+/m0/s1. The van der Waals surface area contributed by atoms with E-state index in [1.807, 2.05) is 20.8 Å². The second-order valence-corrected chi connectivity index (χ2v) is 10.8. The van der Waals surface area contributed by atoms with Crippen LogP contribution in [0.3, 0.4) is 0 Å². The summed E-state index contributed by atoms with van der Waals surface area (Å²) >= 11 is 0. The second kappa shape index (κ2) is 16.7. The van der Waals surface area contributed by atoms with Crippen molar-refractivity contribution < 1.29 is 19.7 Å². The first-order valence-electron chi connectivity index (χ1n) is 13.6. The number of aliphatic hydroxyl groups excluding tert-OH is 2. The molecule has 1 amide bonds. The quantitative estimate of drug-likeness (QED) is 0.219. The van der Waals surface area contributed by atoms with E-state index in [9.17, 15) is 15.0 Å². The molecule has 1 aliphatic heterocycles. The molecule has 0 aliphatic carbocycles. The van der Waals surface area contributed by atoms with Crippen LogP contribution in [0.25, 0.3) is 0 Å². The Morgan fingerprint density at radius 3 is 1.53 bits per heavy atom. The minimum atomic E-state index is -0.649. The monoisotopic (exact) mass is 455 g/mol. The summed E-state index contributed by atoms with van der Waals surface area (Å²) in [6.45, 7) is 7.55. The fourth-order valence-corrected chi connectivity index (χ4v) is 4.72. The van der Waals surface area contributed by atoms with Crippen molar-refractivity contribution >= 4 is 6.09 Å². The van der Waals surface area contributed by atoms with Crippen LogP contribution in [0.5, 0.6) is 0 Å². The first-order valence-corrected chi connectivity index (χ1v) is 13.6. The van der Waals surface area contributed by atoms with Gasteiger partial charge >= 0.3 is 6.09 Å². The summed E-state index contributed by atoms with van der Waals surface area (Å²) in [6, 6.07) is -0.760. The van der Waals surface area contributed by atoms with E-state index in [0.717, 1.165) is 19.3 Å². The number of aliphatic hydroxyl groups is 2. The zero-order valence-electron chi connectivity index (χ0n) is 21.6. The van der Waals surface area contributed by atoms with Crippen molar-refractivity contribution in [2.45, 2.75) is 161 Å². The molecule has 0 saturated carbocycles. The third kappa shape index (κ3) is 11.9. The minimum absolute atomic E-state index is 0.226. The molecule has 0 bridgehead atoms. The van der Waals surface area contributed by atoms with Crippen LogP contribution in [-0.4, -0.2) is 51.6 Å². The van der Waals surface area contributed by atoms with Gasteiger partial charge in [-0.15, -0.1) is 0 Å². The lowest BCUT2D eigenvalue weighted by Gasteiger charge is -2.51. The van der Waals surface area contributed by atoms with Crippen LogP contribution in [0.4, 0.5) is 4.79 Å². The smallest absolute Gasteiger partial charge is 0.411 e. The average Bonchev–Trinajstić information content (AvgIpc) is 2.72. The Morgan fingerprint density at radius 2 is 1.16 bits per heavy atom. The van der Waals surface area contributed by atoms with Crippen LogP contribution in [-0.2, 0) is 4.74 Å². The highest BCUT2D eigenvalue weighted by Gasteiger charge is 2.50. The van der Waals surface area contributed by atoms with Gasteiger partial charge in [0.2, 0.25) is 0 Å². The van der Waals surface area contributed by atoms with Gasteiger partial charge in [-0.3, -0.25) is 4.90 Å². The van der Waals surface area contributed by atoms with Crippen molar-refractivity contribution in [1.29, 1.82) is 0 Å². The first-order chi connectivity index (χ1) is 15.3. The van der Waals surface area contributed by atoms with E-state index in [4.69, 9.17) is 4.74 Å². The molecule has 0 radical (unpaired) electrons. The Balaban J connectivity index is 2.00. The van der Waals surface area contributed by atoms with Crippen LogP contribution in [0, 0.1) is 0 Å². The lowest BCUT2D eigenvalue weighted by atomic mass is 9.86. The van der Waals surface area contributed by atoms with Crippen LogP contribution >= 0.6 is 0 Å². The maximum absolute atomic E-state index is 12.4. The number of unbranched alkanes of at least 4 members (excludes halogenated alkanes) is 15. The number of hydrogen-bond acceptors (Lipinski definition) is 4. The average molecular weight is 456 g/mol. The lowest BCUT2D eigenvalue weighted by molar-refractivity contribution is -0.131. The second-order valence-electron chi connectivity index (χ2n) is 10.8. The van der Waals surface area contributed by atoms with Gasteiger partial charge < -0.3 is 14.9 Å². The molecule has 0 aromatic rings. The van der Waals surface area contributed by atoms with E-state index < -0.39 is 23.8 Å². The Hall–Kier alpha value is -0.810. The first kappa shape index (κ1) is 29.2. The maximum Gasteiger partial charge on any atom is 0.411 e. The van der Waals surface area contributed by atoms with Crippen LogP contribution in [0.15, 0.2) is 0 Å². The van der Waals surface area contributed by atoms with Gasteiger partial charge in [-0.05, 0) is 27.2 Å². The molecule has 5 heteroatoms. The van der Waals surface area contributed by atoms with Crippen LogP contribution in [0.2, 0.25) is 0 Å². The summed E-state index contributed by atoms with van der Waals surface area (Å²) in [7, 11) is 0. The number of rotatable bonds is 18. The Labute approximate surface area is 198 Å². The van der Waals surface area contributed by atoms with Gasteiger partial charge in [0, 0.05) is 0 Å². The molecular formula is C27H53NO4. The van der Waals surface area contributed by atoms with Crippen molar-refractivity contribution in [3.8, 4) is 0 Å². The van der Waals surface area contributed by atoms with Crippen LogP contribution in [0.1, 0.15) is 137 Å². The molecule has 1 heterocycles. The molecule has 1 fully saturated rings. The maximum atomic E-state index is 12.4. The lowest BCUT2D eigenvalue weighted by Crippen LogP contribution is -2.71. The SMILES string of the molecule is CCCCCCCCCCCCCCCCCC[C@H]1[C@@H](O)[C@H](CO)N1C(=O)OC(C)(C)C. The third-order valence-corrected chi connectivity index (χ3v) is 6.65. The predicted octanol–water partition coefficient (Wildman–Crippen LogP) is 6.98. The van der Waals surface area contributed by atoms with Crippen molar-refractivity contribution in [2.24, 2.45) is 0 Å². The number of ether oxygens (including phenoxy) is 1. The summed E-state index contributed by atoms with van der Waals surface area (Å²) < 4.78 is 5.45. The fourth-order valence-electron chi connectivity index (χ4n) is 4.72. The Morgan fingerprint density at radius 1 is 0.750 bits per heavy atom. The van der Waals surface area contributed by atoms with Crippen molar-refractivity contribution in [2.75, 3.05) is 6.61 Å². The zero-order chi connectivity index (χ0) is 23.8. The molecule has 0 unspecified atom stereocenters. The van der Waals surface area contributed by atoms with Gasteiger partial charge in [0.1, 0.15) is 5.60 Å². The zero-order valence-corrected chi connectivity index (χ0v) is 21.6. The van der Waals surface area contributed by atoms with Gasteiger partial charge in [-0.1, -0.05) is 110 Å². The van der Waals surface area contributed by atoms with E-state index >= 15 is 0 Å². The summed E-state index contributed by atoms with van der Waals surface area (Å²) in [5, 5.41) is 19.8. The number of nitrogens with zero attached hydrogens (tertiary/aromatic N) is 1. The highest BCUT2D eigenvalue weighted by atomic mass is 16.6. The number of hydrogen-bond donors (Lipinski definition) is 2. The topological polar surface area (TPSA) is 70.0 Å². The molecule has 1 aliphatic rings. The van der Waals surface area contributed by atoms with E-state index in [2.05, 4.69) is 6.92 Å². The Bertz CT molecular complexity index is 477. The van der Waals surface area contributed by atoms with Crippen LogP contribution < -0.4 is 0 Å². The van der Waals surface area contributed by atoms with Crippen molar-refractivity contribution in [1.82, 2.24) is 4.90 Å². The third-order valence-electron chi connectivity index (χ3n) is 6.65. The normalized spacial score (nSPS) is 20.9. The highest BCUT2D eigenvalue weighted by Crippen LogP contribution is 2.32. The summed E-state index contributed by atoms with van der Waals surface area (Å²) in [5.74, 6) is 0. The molecule has 0 spiro atoms. The molecule has 0 aromatic heterocycles. The van der Waals surface area contributed by atoms with E-state index in [1.54, 1.807) is 4.90 Å². The van der Waals surface area contributed by atoms with Gasteiger partial charge in [-0.25, -0.2) is 4.79 Å². The summed E-state index contributed by atoms with van der Waals surface area (Å²) in [5.41, 5.74) is -0.573. The molecule has 0 aromatic carbocycles. The molecule has 1 saturated heterocycles. The number of carbonyl (C=O) groups excluding carboxylic acids is 1. The van der Waals surface area contributed by atoms with Crippen molar-refractivity contribution in [3.63, 3.8) is 0 Å². The molecular weight excluding hydrogens is 402 g/mol. The highest BCUT2D eigenvalue weighted by molar-refractivity contribution is 5.70. The largest absolute Gasteiger partial charge is 0.444 e. The number of likely N-dealkylation sites (tertiary alicyclic amines) is 1. The predicted molar refractivity (Wildman–Crippen MR) is 133 cm³/mol. The fraction of sp³-hybridized carbons (Fsp3) is 0.963. The molecule has 2 N–H and O–H groups in total. The molecule has 190 valence electrons. The molecule has 5 nitrogen and oxygen atoms in total. The minimum Gasteiger partial charge on any atom is -0.444 e. The van der Waals surface area contributed by atoms with Gasteiger partial charge in [0.05, 0.1) is 24.8 Å². The van der Waals surface area contributed by atoms with E-state index in [1.165, 1.54) is 89.9 Å². The van der Waals surface area contributed by atoms with Gasteiger partial charge in [-0.2, -0.15) is 0 Å². The number of amides is 1. The summed E-state index contributed by atoms with van der Waals surface area (Å²) in [6.07, 6.45) is 21.0. The van der Waals surface area contributed by atoms with Gasteiger partial charge in [0.25, 0.3) is 0 Å². The molecule has 32 heavy (non-hydrogen) atoms. The summed E-state index contributed by atoms with van der Waals surface area (Å²) in [4.78, 5) is 14.0. The number of carbonyl (C=O) groups is 1. The molecule has 1 rings (SSSR count). The van der Waals surface area contributed by atoms with E-state index in [0.29, 0.717) is 0 Å². The van der Waals surface area contributed by atoms with Crippen molar-refractivity contribution in [3.05, 3.63) is 0 Å². The molecule has 3 atom stereocenters. The van der Waals surface area contributed by atoms with Gasteiger partial charge in [0.15, 0.2) is 0 Å². The van der Waals surface area contributed by atoms with E-state index in [-0.39, 0.29) is 12.6 Å².